The van der Waals surface area contributed by atoms with Crippen LogP contribution >= 0.6 is 24.0 Å². The summed E-state index contributed by atoms with van der Waals surface area (Å²) in [4.78, 5) is 6.65. The van der Waals surface area contributed by atoms with Crippen LogP contribution in [0.2, 0.25) is 0 Å². The number of nitrogens with zero attached hydrogens (tertiary/aromatic N) is 2. The van der Waals surface area contributed by atoms with Crippen LogP contribution < -0.4 is 5.32 Å². The van der Waals surface area contributed by atoms with E-state index in [0.717, 1.165) is 32.0 Å². The average Bonchev–Trinajstić information content (AvgIpc) is 2.53. The molecule has 0 spiro atoms. The summed E-state index contributed by atoms with van der Waals surface area (Å²) in [6, 6.07) is 10.3. The van der Waals surface area contributed by atoms with Crippen LogP contribution in [0, 0.1) is 0 Å². The highest BCUT2D eigenvalue weighted by atomic mass is 127. The molecule has 0 amide bonds. The standard InChI is InChI=1S/C17H29N3O2.HI/c1-20(2)17(19-15-16-9-5-4-6-10-16)18-11-7-8-12-22-14-13-21-3;/h4-6,9-10H,7-8,11-15H2,1-3H3,(H,18,19);1H. The van der Waals surface area contributed by atoms with Crippen molar-refractivity contribution < 1.29 is 9.47 Å². The van der Waals surface area contributed by atoms with Crippen molar-refractivity contribution in [1.29, 1.82) is 0 Å². The van der Waals surface area contributed by atoms with Gasteiger partial charge in [-0.15, -0.1) is 24.0 Å². The zero-order valence-corrected chi connectivity index (χ0v) is 16.8. The van der Waals surface area contributed by atoms with Gasteiger partial charge in [0.1, 0.15) is 0 Å². The fourth-order valence-electron chi connectivity index (χ4n) is 1.88. The molecule has 0 bridgehead atoms. The van der Waals surface area contributed by atoms with E-state index < -0.39 is 0 Å². The molecule has 0 unspecified atom stereocenters. The van der Waals surface area contributed by atoms with E-state index in [1.54, 1.807) is 7.11 Å². The Morgan fingerprint density at radius 3 is 2.48 bits per heavy atom. The molecule has 1 N–H and O–H groups in total. The smallest absolute Gasteiger partial charge is 0.193 e. The third-order valence-corrected chi connectivity index (χ3v) is 3.11. The number of benzene rings is 1. The monoisotopic (exact) mass is 435 g/mol. The van der Waals surface area contributed by atoms with Gasteiger partial charge < -0.3 is 19.7 Å². The van der Waals surface area contributed by atoms with Crippen LogP contribution in [0.4, 0.5) is 0 Å². The number of ether oxygens (including phenoxy) is 2. The van der Waals surface area contributed by atoms with Crippen LogP contribution in [0.25, 0.3) is 0 Å². The SMILES string of the molecule is COCCOCCCCNC(=NCc1ccccc1)N(C)C.I. The summed E-state index contributed by atoms with van der Waals surface area (Å²) in [5.41, 5.74) is 1.22. The molecule has 0 atom stereocenters. The summed E-state index contributed by atoms with van der Waals surface area (Å²) in [5, 5.41) is 3.39. The van der Waals surface area contributed by atoms with Crippen LogP contribution in [0.5, 0.6) is 0 Å². The molecule has 0 aromatic heterocycles. The van der Waals surface area contributed by atoms with Gasteiger partial charge in [-0.05, 0) is 18.4 Å². The zero-order chi connectivity index (χ0) is 16.0. The lowest BCUT2D eigenvalue weighted by Crippen LogP contribution is -2.37. The van der Waals surface area contributed by atoms with Crippen LogP contribution in [0.1, 0.15) is 18.4 Å². The predicted octanol–water partition coefficient (Wildman–Crippen LogP) is 2.76. The summed E-state index contributed by atoms with van der Waals surface area (Å²) in [6.45, 7) is 3.71. The normalized spacial score (nSPS) is 11.0. The highest BCUT2D eigenvalue weighted by molar-refractivity contribution is 14.0. The molecule has 0 aliphatic heterocycles. The van der Waals surface area contributed by atoms with E-state index >= 15 is 0 Å². The Bertz CT molecular complexity index is 414. The largest absolute Gasteiger partial charge is 0.382 e. The molecule has 6 heteroatoms. The van der Waals surface area contributed by atoms with E-state index in [0.29, 0.717) is 19.8 Å². The Balaban J connectivity index is 0.00000484. The predicted molar refractivity (Wildman–Crippen MR) is 107 cm³/mol. The van der Waals surface area contributed by atoms with E-state index in [9.17, 15) is 0 Å². The molecule has 5 nitrogen and oxygen atoms in total. The number of rotatable bonds is 10. The van der Waals surface area contributed by atoms with Crippen molar-refractivity contribution in [2.24, 2.45) is 4.99 Å². The molecule has 0 fully saturated rings. The molecule has 0 aliphatic rings. The van der Waals surface area contributed by atoms with Crippen molar-refractivity contribution in [3.05, 3.63) is 35.9 Å². The van der Waals surface area contributed by atoms with Gasteiger partial charge in [0.15, 0.2) is 5.96 Å². The number of hydrogen-bond acceptors (Lipinski definition) is 3. The first-order valence-corrected chi connectivity index (χ1v) is 7.80. The number of methoxy groups -OCH3 is 1. The van der Waals surface area contributed by atoms with Gasteiger partial charge in [-0.3, -0.25) is 0 Å². The summed E-state index contributed by atoms with van der Waals surface area (Å²) >= 11 is 0. The number of guanidine groups is 1. The van der Waals surface area contributed by atoms with E-state index in [4.69, 9.17) is 9.47 Å². The summed E-state index contributed by atoms with van der Waals surface area (Å²) < 4.78 is 10.4. The number of hydrogen-bond donors (Lipinski definition) is 1. The highest BCUT2D eigenvalue weighted by Crippen LogP contribution is 2.00. The van der Waals surface area contributed by atoms with Gasteiger partial charge in [-0.1, -0.05) is 30.3 Å². The molecule has 0 aliphatic carbocycles. The quantitative estimate of drug-likeness (QED) is 0.266. The van der Waals surface area contributed by atoms with Crippen molar-refractivity contribution in [2.75, 3.05) is 47.6 Å². The summed E-state index contributed by atoms with van der Waals surface area (Å²) in [7, 11) is 5.69. The van der Waals surface area contributed by atoms with Gasteiger partial charge in [0.25, 0.3) is 0 Å². The van der Waals surface area contributed by atoms with Crippen molar-refractivity contribution in [3.63, 3.8) is 0 Å². The van der Waals surface area contributed by atoms with E-state index in [-0.39, 0.29) is 24.0 Å². The molecule has 1 aromatic carbocycles. The van der Waals surface area contributed by atoms with Crippen LogP contribution in [-0.4, -0.2) is 58.4 Å². The minimum absolute atomic E-state index is 0. The van der Waals surface area contributed by atoms with Gasteiger partial charge in [0, 0.05) is 34.4 Å². The minimum atomic E-state index is 0. The Morgan fingerprint density at radius 1 is 1.09 bits per heavy atom. The molecule has 0 heterocycles. The maximum absolute atomic E-state index is 5.44. The second-order valence-electron chi connectivity index (χ2n) is 5.26. The van der Waals surface area contributed by atoms with E-state index in [1.807, 2.05) is 37.2 Å². The molecule has 1 aromatic rings. The van der Waals surface area contributed by atoms with E-state index in [2.05, 4.69) is 22.4 Å². The van der Waals surface area contributed by atoms with Crippen molar-refractivity contribution in [1.82, 2.24) is 10.2 Å². The maximum Gasteiger partial charge on any atom is 0.193 e. The number of aliphatic imine (C=N–C) groups is 1. The second kappa shape index (κ2) is 14.7. The van der Waals surface area contributed by atoms with Crippen molar-refractivity contribution >= 4 is 29.9 Å². The molecule has 1 rings (SSSR count). The Hall–Kier alpha value is -0.860. The average molecular weight is 435 g/mol. The van der Waals surface area contributed by atoms with Crippen LogP contribution in [-0.2, 0) is 16.0 Å². The maximum atomic E-state index is 5.44. The van der Waals surface area contributed by atoms with Gasteiger partial charge >= 0.3 is 0 Å². The minimum Gasteiger partial charge on any atom is -0.382 e. The Kier molecular flexibility index (Phi) is 14.2. The first-order valence-electron chi connectivity index (χ1n) is 7.80. The van der Waals surface area contributed by atoms with Crippen LogP contribution in [0.3, 0.4) is 0 Å². The summed E-state index contributed by atoms with van der Waals surface area (Å²) in [5.74, 6) is 0.921. The fourth-order valence-corrected chi connectivity index (χ4v) is 1.88. The van der Waals surface area contributed by atoms with E-state index in [1.165, 1.54) is 5.56 Å². The third-order valence-electron chi connectivity index (χ3n) is 3.11. The van der Waals surface area contributed by atoms with Gasteiger partial charge in [-0.2, -0.15) is 0 Å². The number of halogens is 1. The summed E-state index contributed by atoms with van der Waals surface area (Å²) in [6.07, 6.45) is 2.10. The third kappa shape index (κ3) is 11.3. The second-order valence-corrected chi connectivity index (χ2v) is 5.26. The molecule has 0 saturated heterocycles. The van der Waals surface area contributed by atoms with Gasteiger partial charge in [0.2, 0.25) is 0 Å². The first kappa shape index (κ1) is 22.1. The van der Waals surface area contributed by atoms with Gasteiger partial charge in [-0.25, -0.2) is 4.99 Å². The fraction of sp³-hybridized carbons (Fsp3) is 0.588. The molecule has 23 heavy (non-hydrogen) atoms. The molecular formula is C17H30IN3O2. The number of unbranched alkanes of at least 4 members (excludes halogenated alkanes) is 1. The lowest BCUT2D eigenvalue weighted by atomic mass is 10.2. The first-order chi connectivity index (χ1) is 10.7. The lowest BCUT2D eigenvalue weighted by molar-refractivity contribution is 0.0689. The molecule has 132 valence electrons. The highest BCUT2D eigenvalue weighted by Gasteiger charge is 2.01. The molecular weight excluding hydrogens is 405 g/mol. The Labute approximate surface area is 157 Å². The zero-order valence-electron chi connectivity index (χ0n) is 14.5. The number of nitrogens with one attached hydrogen (secondary N) is 1. The van der Waals surface area contributed by atoms with Gasteiger partial charge in [0.05, 0.1) is 19.8 Å². The van der Waals surface area contributed by atoms with Crippen molar-refractivity contribution in [3.8, 4) is 0 Å². The van der Waals surface area contributed by atoms with Crippen molar-refractivity contribution in [2.45, 2.75) is 19.4 Å². The lowest BCUT2D eigenvalue weighted by Gasteiger charge is -2.17. The van der Waals surface area contributed by atoms with Crippen LogP contribution in [0.15, 0.2) is 35.3 Å². The molecule has 0 radical (unpaired) electrons. The Morgan fingerprint density at radius 2 is 1.83 bits per heavy atom. The topological polar surface area (TPSA) is 46.1 Å². The molecule has 0 saturated carbocycles.